The fourth-order valence-corrected chi connectivity index (χ4v) is 7.42. The molecule has 0 heterocycles. The van der Waals surface area contributed by atoms with E-state index in [1.807, 2.05) is 37.3 Å². The summed E-state index contributed by atoms with van der Waals surface area (Å²) in [6.45, 7) is 3.28. The molecule has 48 heavy (non-hydrogen) atoms. The zero-order valence-electron chi connectivity index (χ0n) is 27.3. The molecule has 1 N–H and O–H groups in total. The fourth-order valence-electron chi connectivity index (χ4n) is 6.00. The molecule has 1 saturated carbocycles. The molecule has 252 valence electrons. The molecule has 1 atom stereocenters. The number of nitrogens with one attached hydrogen (secondary N) is 1. The smallest absolute Gasteiger partial charge is 0.264 e. The molecule has 1 fully saturated rings. The third-order valence-electron chi connectivity index (χ3n) is 8.56. The maximum absolute atomic E-state index is 14.7. The molecular weight excluding hydrogens is 629 g/mol. The Kier molecular flexibility index (Phi) is 11.5. The summed E-state index contributed by atoms with van der Waals surface area (Å²) in [7, 11) is -4.29. The van der Waals surface area contributed by atoms with Crippen LogP contribution in [0.5, 0.6) is 5.75 Å². The molecule has 0 unspecified atom stereocenters. The van der Waals surface area contributed by atoms with Crippen molar-refractivity contribution >= 4 is 27.5 Å². The van der Waals surface area contributed by atoms with E-state index in [0.717, 1.165) is 41.1 Å². The summed E-state index contributed by atoms with van der Waals surface area (Å²) in [6.07, 6.45) is 3.93. The van der Waals surface area contributed by atoms with Crippen LogP contribution in [0.15, 0.2) is 108 Å². The number of rotatable bonds is 14. The van der Waals surface area contributed by atoms with Crippen LogP contribution >= 0.6 is 0 Å². The highest BCUT2D eigenvalue weighted by molar-refractivity contribution is 7.92. The van der Waals surface area contributed by atoms with Gasteiger partial charge in [-0.3, -0.25) is 13.9 Å². The summed E-state index contributed by atoms with van der Waals surface area (Å²) in [5.41, 5.74) is 2.52. The van der Waals surface area contributed by atoms with Gasteiger partial charge < -0.3 is 15.0 Å². The summed E-state index contributed by atoms with van der Waals surface area (Å²) in [4.78, 5) is 30.3. The van der Waals surface area contributed by atoms with E-state index in [9.17, 15) is 22.4 Å². The first-order valence-corrected chi connectivity index (χ1v) is 17.8. The second kappa shape index (κ2) is 15.9. The number of aryl methyl sites for hydroxylation is 1. The predicted octanol–water partition coefficient (Wildman–Crippen LogP) is 6.43. The molecule has 0 bridgehead atoms. The van der Waals surface area contributed by atoms with E-state index in [4.69, 9.17) is 4.74 Å². The van der Waals surface area contributed by atoms with Crippen molar-refractivity contribution in [1.29, 1.82) is 0 Å². The van der Waals surface area contributed by atoms with Crippen molar-refractivity contribution in [1.82, 2.24) is 10.2 Å². The van der Waals surface area contributed by atoms with Gasteiger partial charge in [0, 0.05) is 19.0 Å². The van der Waals surface area contributed by atoms with Crippen molar-refractivity contribution in [3.05, 3.63) is 126 Å². The molecule has 8 nitrogen and oxygen atoms in total. The Morgan fingerprint density at radius 3 is 2.19 bits per heavy atom. The summed E-state index contributed by atoms with van der Waals surface area (Å²) in [5.74, 6) is -1.04. The summed E-state index contributed by atoms with van der Waals surface area (Å²) in [5, 5.41) is 3.16. The van der Waals surface area contributed by atoms with Gasteiger partial charge in [-0.2, -0.15) is 0 Å². The van der Waals surface area contributed by atoms with E-state index in [1.165, 1.54) is 29.2 Å². The topological polar surface area (TPSA) is 96.0 Å². The Morgan fingerprint density at radius 1 is 0.875 bits per heavy atom. The average molecular weight is 672 g/mol. The largest absolute Gasteiger partial charge is 0.492 e. The van der Waals surface area contributed by atoms with Gasteiger partial charge in [-0.25, -0.2) is 12.8 Å². The van der Waals surface area contributed by atoms with Crippen molar-refractivity contribution in [2.75, 3.05) is 17.5 Å². The minimum atomic E-state index is -4.29. The minimum Gasteiger partial charge on any atom is -0.492 e. The van der Waals surface area contributed by atoms with Gasteiger partial charge in [0.25, 0.3) is 10.0 Å². The van der Waals surface area contributed by atoms with Gasteiger partial charge in [-0.15, -0.1) is 0 Å². The predicted molar refractivity (Wildman–Crippen MR) is 185 cm³/mol. The second-order valence-corrected chi connectivity index (χ2v) is 13.9. The lowest BCUT2D eigenvalue weighted by Crippen LogP contribution is -2.54. The number of para-hydroxylation sites is 2. The molecule has 1 aliphatic carbocycles. The van der Waals surface area contributed by atoms with Crippen LogP contribution in [0.1, 0.15) is 49.3 Å². The molecule has 0 radical (unpaired) electrons. The number of anilines is 1. The highest BCUT2D eigenvalue weighted by Crippen LogP contribution is 2.33. The maximum Gasteiger partial charge on any atom is 0.264 e. The molecule has 5 rings (SSSR count). The first-order valence-electron chi connectivity index (χ1n) is 16.3. The second-order valence-electron chi connectivity index (χ2n) is 12.1. The Morgan fingerprint density at radius 2 is 1.52 bits per heavy atom. The molecule has 0 aromatic heterocycles. The van der Waals surface area contributed by atoms with E-state index < -0.39 is 34.3 Å². The maximum atomic E-state index is 14.7. The Balaban J connectivity index is 1.59. The summed E-state index contributed by atoms with van der Waals surface area (Å²) < 4.78 is 49.5. The van der Waals surface area contributed by atoms with Gasteiger partial charge in [-0.05, 0) is 74.2 Å². The highest BCUT2D eigenvalue weighted by Gasteiger charge is 2.36. The molecule has 0 spiro atoms. The summed E-state index contributed by atoms with van der Waals surface area (Å²) >= 11 is 0. The minimum absolute atomic E-state index is 0.00460. The van der Waals surface area contributed by atoms with Crippen LogP contribution in [0.4, 0.5) is 10.1 Å². The van der Waals surface area contributed by atoms with E-state index in [1.54, 1.807) is 55.5 Å². The lowest BCUT2D eigenvalue weighted by molar-refractivity contribution is -0.140. The molecular formula is C38H42FN3O5S. The normalized spacial score (nSPS) is 13.9. The summed E-state index contributed by atoms with van der Waals surface area (Å²) in [6, 6.07) is 27.2. The first kappa shape index (κ1) is 34.6. The number of nitrogens with zero attached hydrogens (tertiary/aromatic N) is 2. The fraction of sp³-hybridized carbons (Fsp3) is 0.316. The SMILES string of the molecule is CCOc1ccccc1N(CC(=O)N(Cc1ccc(F)cc1)[C@H](Cc1ccccc1)C(=O)NC1CCCC1)S(=O)(=O)c1ccc(C)cc1. The van der Waals surface area contributed by atoms with Crippen LogP contribution < -0.4 is 14.4 Å². The van der Waals surface area contributed by atoms with Crippen molar-refractivity contribution < 1.29 is 27.1 Å². The van der Waals surface area contributed by atoms with Crippen molar-refractivity contribution in [3.63, 3.8) is 0 Å². The Labute approximate surface area is 282 Å². The van der Waals surface area contributed by atoms with Crippen LogP contribution in [-0.2, 0) is 32.6 Å². The van der Waals surface area contributed by atoms with Gasteiger partial charge in [0.15, 0.2) is 0 Å². The van der Waals surface area contributed by atoms with Crippen molar-refractivity contribution in [2.24, 2.45) is 0 Å². The monoisotopic (exact) mass is 671 g/mol. The number of benzene rings is 4. The molecule has 0 saturated heterocycles. The number of halogens is 1. The molecule has 4 aromatic rings. The van der Waals surface area contributed by atoms with Gasteiger partial charge in [0.2, 0.25) is 11.8 Å². The van der Waals surface area contributed by atoms with Crippen LogP contribution in [0, 0.1) is 12.7 Å². The molecule has 2 amide bonds. The van der Waals surface area contributed by atoms with E-state index in [-0.39, 0.29) is 42.1 Å². The highest BCUT2D eigenvalue weighted by atomic mass is 32.2. The van der Waals surface area contributed by atoms with Crippen LogP contribution in [0.25, 0.3) is 0 Å². The van der Waals surface area contributed by atoms with E-state index in [0.29, 0.717) is 11.3 Å². The van der Waals surface area contributed by atoms with Gasteiger partial charge in [0.05, 0.1) is 17.2 Å². The number of carbonyl (C=O) groups excluding carboxylic acids is 2. The number of hydrogen-bond donors (Lipinski definition) is 1. The molecule has 1 aliphatic rings. The van der Waals surface area contributed by atoms with Crippen LogP contribution in [-0.4, -0.2) is 50.4 Å². The standard InChI is InChI=1S/C38H42FN3O5S/c1-3-47-36-16-10-9-15-34(36)42(48(45,46)33-23-17-28(2)18-24-33)27-37(43)41(26-30-19-21-31(39)22-20-30)35(25-29-11-5-4-6-12-29)38(44)40-32-13-7-8-14-32/h4-6,9-12,15-24,32,35H,3,7-8,13-14,25-27H2,1-2H3,(H,40,44)/t35-/m1/s1. The average Bonchev–Trinajstić information content (AvgIpc) is 3.60. The zero-order chi connectivity index (χ0) is 34.1. The Hall–Kier alpha value is -4.70. The number of hydrogen-bond acceptors (Lipinski definition) is 5. The van der Waals surface area contributed by atoms with Gasteiger partial charge >= 0.3 is 0 Å². The lowest BCUT2D eigenvalue weighted by Gasteiger charge is -2.34. The number of ether oxygens (including phenoxy) is 1. The zero-order valence-corrected chi connectivity index (χ0v) is 28.2. The van der Waals surface area contributed by atoms with E-state index >= 15 is 0 Å². The molecule has 10 heteroatoms. The number of sulfonamides is 1. The molecule has 4 aromatic carbocycles. The number of amides is 2. The first-order chi connectivity index (χ1) is 23.2. The van der Waals surface area contributed by atoms with Gasteiger partial charge in [0.1, 0.15) is 24.2 Å². The van der Waals surface area contributed by atoms with Crippen LogP contribution in [0.2, 0.25) is 0 Å². The third-order valence-corrected chi connectivity index (χ3v) is 10.3. The van der Waals surface area contributed by atoms with Crippen molar-refractivity contribution in [2.45, 2.75) is 69.5 Å². The molecule has 0 aliphatic heterocycles. The Bertz CT molecular complexity index is 1780. The number of carbonyl (C=O) groups is 2. The third kappa shape index (κ3) is 8.60. The van der Waals surface area contributed by atoms with Gasteiger partial charge in [-0.1, -0.05) is 85.1 Å². The quantitative estimate of drug-likeness (QED) is 0.167. The van der Waals surface area contributed by atoms with Crippen molar-refractivity contribution in [3.8, 4) is 5.75 Å². The van der Waals surface area contributed by atoms with Crippen LogP contribution in [0.3, 0.4) is 0 Å². The lowest BCUT2D eigenvalue weighted by atomic mass is 10.0. The van der Waals surface area contributed by atoms with E-state index in [2.05, 4.69) is 5.32 Å².